The van der Waals surface area contributed by atoms with Crippen LogP contribution in [0.2, 0.25) is 21.3 Å². The molecule has 0 bridgehead atoms. The first-order valence-corrected chi connectivity index (χ1v) is 12.7. The van der Waals surface area contributed by atoms with Gasteiger partial charge < -0.3 is 0 Å². The van der Waals surface area contributed by atoms with E-state index in [4.69, 9.17) is 0 Å². The second kappa shape index (κ2) is 10.7. The minimum atomic E-state index is 0.610. The summed E-state index contributed by atoms with van der Waals surface area (Å²) in [6.45, 7) is 0. The van der Waals surface area contributed by atoms with Crippen LogP contribution in [0.3, 0.4) is 0 Å². The Morgan fingerprint density at radius 3 is 1.07 bits per heavy atom. The Kier molecular flexibility index (Phi) is 10.1. The van der Waals surface area contributed by atoms with Crippen LogP contribution in [-0.4, -0.2) is 59.8 Å². The average Bonchev–Trinajstić information content (AvgIpc) is 2.22. The van der Waals surface area contributed by atoms with Crippen molar-refractivity contribution >= 4 is 59.8 Å². The molecule has 4 heteroatoms. The van der Waals surface area contributed by atoms with Gasteiger partial charge >= 0.3 is 113 Å². The van der Waals surface area contributed by atoms with Gasteiger partial charge in [0.25, 0.3) is 0 Å². The summed E-state index contributed by atoms with van der Waals surface area (Å²) in [4.78, 5) is 13.4. The molecule has 0 unspecified atom stereocenters. The van der Waals surface area contributed by atoms with E-state index in [9.17, 15) is 0 Å². The molecule has 0 aromatic carbocycles. The predicted molar refractivity (Wildman–Crippen MR) is 67.0 cm³/mol. The maximum absolute atomic E-state index is 3.36. The van der Waals surface area contributed by atoms with E-state index in [1.807, 2.05) is 0 Å². The summed E-state index contributed by atoms with van der Waals surface area (Å²) in [5.41, 5.74) is 0. The number of hydrogen-bond acceptors (Lipinski definition) is 0. The van der Waals surface area contributed by atoms with Crippen molar-refractivity contribution in [2.24, 2.45) is 0 Å². The Bertz CT molecular complexity index is 205. The van der Waals surface area contributed by atoms with Gasteiger partial charge in [-0.25, -0.2) is 0 Å². The van der Waals surface area contributed by atoms with Crippen molar-refractivity contribution in [3.63, 3.8) is 0 Å². The van der Waals surface area contributed by atoms with Crippen molar-refractivity contribution in [3.8, 4) is 19.3 Å². The number of hydrogen-bond donors (Lipinski definition) is 0. The Hall–Kier alpha value is 1.20. The molecule has 0 aliphatic carbocycles. The van der Waals surface area contributed by atoms with Gasteiger partial charge in [-0.1, -0.05) is 0 Å². The fraction of sp³-hybridized carbons (Fsp3) is 0.600. The summed E-state index contributed by atoms with van der Waals surface area (Å²) in [5.74, 6) is 0. The van der Waals surface area contributed by atoms with Crippen molar-refractivity contribution in [1.82, 2.24) is 0 Å². The first-order chi connectivity index (χ1) is 7.00. The van der Waals surface area contributed by atoms with Gasteiger partial charge in [-0.05, 0) is 0 Å². The quantitative estimate of drug-likeness (QED) is 0.385. The summed E-state index contributed by atoms with van der Waals surface area (Å²) in [6, 6.07) is 0. The second-order valence-electron chi connectivity index (χ2n) is 2.51. The molecule has 14 heavy (non-hydrogen) atoms. The van der Waals surface area contributed by atoms with Gasteiger partial charge in [-0.3, -0.25) is 0 Å². The molecule has 0 spiro atoms. The van der Waals surface area contributed by atoms with E-state index in [1.54, 1.807) is 0 Å². The van der Waals surface area contributed by atoms with Crippen molar-refractivity contribution < 1.29 is 0 Å². The zero-order valence-corrected chi connectivity index (χ0v) is 14.7. The van der Waals surface area contributed by atoms with E-state index in [0.717, 1.165) is 0 Å². The fourth-order valence-electron chi connectivity index (χ4n) is 0.729. The predicted octanol–water partition coefficient (Wildman–Crippen LogP) is 1.11. The molecule has 1 aliphatic heterocycles. The SMILES string of the molecule is C1#C[Se]CCC[Se]C#C[Se]CCC[Se]1. The molecular weight excluding hydrogens is 436 g/mol. The normalized spacial score (nSPS) is 19.4. The van der Waals surface area contributed by atoms with Crippen molar-refractivity contribution in [3.05, 3.63) is 0 Å². The molecule has 0 saturated carbocycles. The molecule has 1 heterocycles. The van der Waals surface area contributed by atoms with Crippen LogP contribution >= 0.6 is 0 Å². The molecule has 0 nitrogen and oxygen atoms in total. The third-order valence-corrected chi connectivity index (χ3v) is 8.87. The Balaban J connectivity index is 2.21. The van der Waals surface area contributed by atoms with Gasteiger partial charge in [0.1, 0.15) is 0 Å². The third-order valence-electron chi connectivity index (χ3n) is 1.36. The van der Waals surface area contributed by atoms with E-state index in [1.165, 1.54) is 34.1 Å². The molecule has 0 radical (unpaired) electrons. The van der Waals surface area contributed by atoms with Gasteiger partial charge in [0, 0.05) is 0 Å². The van der Waals surface area contributed by atoms with Gasteiger partial charge in [0.05, 0.1) is 0 Å². The molecular formula is C10H12Se4. The van der Waals surface area contributed by atoms with Gasteiger partial charge in [0.2, 0.25) is 0 Å². The van der Waals surface area contributed by atoms with E-state index in [0.29, 0.717) is 59.8 Å². The van der Waals surface area contributed by atoms with E-state index < -0.39 is 0 Å². The van der Waals surface area contributed by atoms with E-state index >= 15 is 0 Å². The topological polar surface area (TPSA) is 0 Å². The summed E-state index contributed by atoms with van der Waals surface area (Å²) in [7, 11) is 0. The van der Waals surface area contributed by atoms with Crippen LogP contribution in [0.15, 0.2) is 0 Å². The van der Waals surface area contributed by atoms with Crippen LogP contribution in [0.25, 0.3) is 0 Å². The Morgan fingerprint density at radius 2 is 0.786 bits per heavy atom. The molecule has 0 amide bonds. The molecule has 0 saturated heterocycles. The van der Waals surface area contributed by atoms with E-state index in [2.05, 4.69) is 19.3 Å². The second-order valence-corrected chi connectivity index (χ2v) is 10.1. The molecule has 1 rings (SSSR count). The number of rotatable bonds is 0. The van der Waals surface area contributed by atoms with Gasteiger partial charge in [-0.2, -0.15) is 0 Å². The van der Waals surface area contributed by atoms with Crippen LogP contribution in [0.1, 0.15) is 12.8 Å². The first kappa shape index (κ1) is 13.3. The molecule has 0 aromatic heterocycles. The standard InChI is InChI=1S/C10H12Se4/c1-3-11-7-9-13-5-2-6-14-10-8-12-4-1/h1-6H2. The Labute approximate surface area is 112 Å². The van der Waals surface area contributed by atoms with Crippen molar-refractivity contribution in [1.29, 1.82) is 0 Å². The molecule has 0 aromatic rings. The third kappa shape index (κ3) is 8.50. The van der Waals surface area contributed by atoms with Gasteiger partial charge in [0.15, 0.2) is 0 Å². The van der Waals surface area contributed by atoms with Crippen molar-refractivity contribution in [2.75, 3.05) is 0 Å². The molecule has 0 N–H and O–H groups in total. The fourth-order valence-corrected chi connectivity index (χ4v) is 8.92. The van der Waals surface area contributed by atoms with Crippen LogP contribution in [0.4, 0.5) is 0 Å². The molecule has 76 valence electrons. The Morgan fingerprint density at radius 1 is 0.500 bits per heavy atom. The van der Waals surface area contributed by atoms with Crippen LogP contribution in [-0.2, 0) is 0 Å². The van der Waals surface area contributed by atoms with Gasteiger partial charge in [-0.15, -0.1) is 0 Å². The molecule has 1 aliphatic rings. The maximum atomic E-state index is 3.36. The zero-order chi connectivity index (χ0) is 9.90. The monoisotopic (exact) mass is 452 g/mol. The minimum absolute atomic E-state index is 0.610. The zero-order valence-electron chi connectivity index (χ0n) is 7.88. The van der Waals surface area contributed by atoms with Crippen LogP contribution in [0.5, 0.6) is 0 Å². The van der Waals surface area contributed by atoms with Crippen LogP contribution < -0.4 is 0 Å². The van der Waals surface area contributed by atoms with Crippen molar-refractivity contribution in [2.45, 2.75) is 34.1 Å². The molecule has 0 fully saturated rings. The summed E-state index contributed by atoms with van der Waals surface area (Å²) in [5, 5.41) is 5.41. The van der Waals surface area contributed by atoms with E-state index in [-0.39, 0.29) is 0 Å². The first-order valence-electron chi connectivity index (χ1n) is 4.47. The average molecular weight is 448 g/mol. The van der Waals surface area contributed by atoms with Crippen LogP contribution in [0, 0.1) is 19.3 Å². The molecule has 0 atom stereocenters. The summed E-state index contributed by atoms with van der Waals surface area (Å²) < 4.78 is 0. The summed E-state index contributed by atoms with van der Waals surface area (Å²) >= 11 is 2.44. The summed E-state index contributed by atoms with van der Waals surface area (Å²) in [6.07, 6.45) is 2.73.